The monoisotopic (exact) mass is 445 g/mol. The number of aromatic nitrogens is 4. The zero-order chi connectivity index (χ0) is 22.0. The number of sulfonamides is 1. The fourth-order valence-corrected chi connectivity index (χ4v) is 4.72. The van der Waals surface area contributed by atoms with E-state index in [0.717, 1.165) is 12.8 Å². The molecular formula is C20H23N5O5S. The van der Waals surface area contributed by atoms with Crippen molar-refractivity contribution in [3.63, 3.8) is 0 Å². The second-order valence-corrected chi connectivity index (χ2v) is 9.38. The molecule has 1 saturated heterocycles. The van der Waals surface area contributed by atoms with Crippen LogP contribution in [-0.2, 0) is 21.3 Å². The summed E-state index contributed by atoms with van der Waals surface area (Å²) in [4.78, 5) is 13.4. The summed E-state index contributed by atoms with van der Waals surface area (Å²) in [6, 6.07) is 9.82. The molecule has 1 aliphatic rings. The van der Waals surface area contributed by atoms with Crippen LogP contribution in [0.2, 0.25) is 0 Å². The molecule has 164 valence electrons. The van der Waals surface area contributed by atoms with Gasteiger partial charge in [0.25, 0.3) is 10.0 Å². The summed E-state index contributed by atoms with van der Waals surface area (Å²) in [7, 11) is -3.61. The summed E-state index contributed by atoms with van der Waals surface area (Å²) in [6.45, 7) is 4.71. The first kappa shape index (κ1) is 21.2. The molecule has 0 radical (unpaired) electrons. The highest BCUT2D eigenvalue weighted by atomic mass is 32.2. The number of nitrogens with zero attached hydrogens (tertiary/aromatic N) is 5. The third-order valence-electron chi connectivity index (χ3n) is 4.75. The Hall–Kier alpha value is -3.05. The Labute approximate surface area is 179 Å². The molecule has 0 spiro atoms. The molecule has 2 aromatic heterocycles. The van der Waals surface area contributed by atoms with Gasteiger partial charge in [-0.3, -0.25) is 0 Å². The van der Waals surface area contributed by atoms with Gasteiger partial charge in [0.2, 0.25) is 10.9 Å². The van der Waals surface area contributed by atoms with E-state index in [1.54, 1.807) is 44.2 Å². The van der Waals surface area contributed by atoms with E-state index < -0.39 is 16.0 Å². The number of tetrazole rings is 1. The third-order valence-corrected chi connectivity index (χ3v) is 6.52. The van der Waals surface area contributed by atoms with E-state index >= 15 is 0 Å². The van der Waals surface area contributed by atoms with Crippen LogP contribution in [0.3, 0.4) is 0 Å². The van der Waals surface area contributed by atoms with Crippen molar-refractivity contribution in [2.45, 2.75) is 44.4 Å². The van der Waals surface area contributed by atoms with E-state index in [0.29, 0.717) is 35.8 Å². The van der Waals surface area contributed by atoms with Gasteiger partial charge in [-0.25, -0.2) is 13.2 Å². The normalized spacial score (nSPS) is 14.9. The van der Waals surface area contributed by atoms with E-state index in [4.69, 9.17) is 9.15 Å². The summed E-state index contributed by atoms with van der Waals surface area (Å²) in [6.07, 6.45) is 1.49. The summed E-state index contributed by atoms with van der Waals surface area (Å²) < 4.78 is 37.4. The van der Waals surface area contributed by atoms with Crippen LogP contribution in [0.5, 0.6) is 0 Å². The molecule has 0 unspecified atom stereocenters. The van der Waals surface area contributed by atoms with Gasteiger partial charge in [0, 0.05) is 18.7 Å². The Bertz CT molecular complexity index is 1180. The lowest BCUT2D eigenvalue weighted by Crippen LogP contribution is -2.27. The highest BCUT2D eigenvalue weighted by molar-refractivity contribution is 7.89. The summed E-state index contributed by atoms with van der Waals surface area (Å²) in [5.41, 5.74) is 1.01. The summed E-state index contributed by atoms with van der Waals surface area (Å²) in [5.74, 6) is 0.304. The minimum absolute atomic E-state index is 0.0823. The third kappa shape index (κ3) is 4.67. The molecule has 3 aromatic rings. The molecule has 0 saturated carbocycles. The molecule has 31 heavy (non-hydrogen) atoms. The van der Waals surface area contributed by atoms with Gasteiger partial charge in [-0.2, -0.15) is 9.10 Å². The first-order chi connectivity index (χ1) is 14.8. The standard InChI is InChI=1S/C20H23N5O5S/c1-14(2)29-20(26)16-7-5-6-15(12-16)19-21-23-25(22-19)13-17-8-9-18(30-17)31(27,28)24-10-3-4-11-24/h5-9,12,14H,3-4,10-11,13H2,1-2H3. The molecule has 0 bridgehead atoms. The first-order valence-electron chi connectivity index (χ1n) is 10.0. The average molecular weight is 446 g/mol. The zero-order valence-corrected chi connectivity index (χ0v) is 18.1. The van der Waals surface area contributed by atoms with E-state index in [-0.39, 0.29) is 17.7 Å². The van der Waals surface area contributed by atoms with Crippen LogP contribution in [0.4, 0.5) is 0 Å². The van der Waals surface area contributed by atoms with Crippen molar-refractivity contribution >= 4 is 16.0 Å². The number of ether oxygens (including phenoxy) is 1. The largest absolute Gasteiger partial charge is 0.459 e. The van der Waals surface area contributed by atoms with Crippen LogP contribution >= 0.6 is 0 Å². The molecule has 11 heteroatoms. The Kier molecular flexibility index (Phi) is 5.88. The summed E-state index contributed by atoms with van der Waals surface area (Å²) in [5, 5.41) is 12.2. The second kappa shape index (κ2) is 8.60. The average Bonchev–Trinajstić information content (AvgIpc) is 3.50. The predicted octanol–water partition coefficient (Wildman–Crippen LogP) is 2.33. The van der Waals surface area contributed by atoms with Crippen molar-refractivity contribution in [2.75, 3.05) is 13.1 Å². The number of hydrogen-bond donors (Lipinski definition) is 0. The zero-order valence-electron chi connectivity index (χ0n) is 17.3. The van der Waals surface area contributed by atoms with Crippen LogP contribution in [0.15, 0.2) is 45.9 Å². The van der Waals surface area contributed by atoms with Crippen LogP contribution < -0.4 is 0 Å². The molecule has 1 aliphatic heterocycles. The number of esters is 1. The lowest BCUT2D eigenvalue weighted by Gasteiger charge is -2.12. The molecule has 0 N–H and O–H groups in total. The molecule has 10 nitrogen and oxygen atoms in total. The molecule has 0 amide bonds. The Morgan fingerprint density at radius 3 is 2.71 bits per heavy atom. The topological polar surface area (TPSA) is 120 Å². The fourth-order valence-electron chi connectivity index (χ4n) is 3.27. The highest BCUT2D eigenvalue weighted by Crippen LogP contribution is 2.23. The van der Waals surface area contributed by atoms with Crippen LogP contribution in [0.25, 0.3) is 11.4 Å². The van der Waals surface area contributed by atoms with Gasteiger partial charge in [0.15, 0.2) is 0 Å². The van der Waals surface area contributed by atoms with Gasteiger partial charge in [-0.1, -0.05) is 12.1 Å². The van der Waals surface area contributed by atoms with Gasteiger partial charge in [0.05, 0.1) is 11.7 Å². The molecule has 1 fully saturated rings. The smallest absolute Gasteiger partial charge is 0.338 e. The van der Waals surface area contributed by atoms with Crippen molar-refractivity contribution in [2.24, 2.45) is 0 Å². The number of benzene rings is 1. The molecule has 1 aromatic carbocycles. The number of hydrogen-bond acceptors (Lipinski definition) is 8. The minimum atomic E-state index is -3.61. The van der Waals surface area contributed by atoms with Crippen LogP contribution in [-0.4, -0.2) is 58.1 Å². The number of carbonyl (C=O) groups excluding carboxylic acids is 1. The Morgan fingerprint density at radius 2 is 1.97 bits per heavy atom. The van der Waals surface area contributed by atoms with E-state index in [1.807, 2.05) is 0 Å². The van der Waals surface area contributed by atoms with Crippen molar-refractivity contribution in [3.8, 4) is 11.4 Å². The van der Waals surface area contributed by atoms with Gasteiger partial charge in [-0.15, -0.1) is 10.2 Å². The fraction of sp³-hybridized carbons (Fsp3) is 0.400. The SMILES string of the molecule is CC(C)OC(=O)c1cccc(-c2nnn(Cc3ccc(S(=O)(=O)N4CCCC4)o3)n2)c1. The van der Waals surface area contributed by atoms with Gasteiger partial charge in [-0.05, 0) is 56.2 Å². The molecule has 0 aliphatic carbocycles. The number of carbonyl (C=O) groups is 1. The molecule has 0 atom stereocenters. The van der Waals surface area contributed by atoms with Crippen molar-refractivity contribution in [1.82, 2.24) is 24.5 Å². The lowest BCUT2D eigenvalue weighted by atomic mass is 10.1. The van der Waals surface area contributed by atoms with E-state index in [2.05, 4.69) is 15.4 Å². The van der Waals surface area contributed by atoms with Crippen molar-refractivity contribution in [3.05, 3.63) is 47.7 Å². The lowest BCUT2D eigenvalue weighted by molar-refractivity contribution is 0.0378. The van der Waals surface area contributed by atoms with Crippen LogP contribution in [0, 0.1) is 0 Å². The summed E-state index contributed by atoms with van der Waals surface area (Å²) >= 11 is 0. The number of furan rings is 1. The predicted molar refractivity (Wildman–Crippen MR) is 110 cm³/mol. The van der Waals surface area contributed by atoms with Gasteiger partial charge < -0.3 is 9.15 Å². The van der Waals surface area contributed by atoms with Crippen molar-refractivity contribution in [1.29, 1.82) is 0 Å². The van der Waals surface area contributed by atoms with Gasteiger partial charge in [0.1, 0.15) is 12.3 Å². The maximum atomic E-state index is 12.6. The Morgan fingerprint density at radius 1 is 1.19 bits per heavy atom. The Balaban J connectivity index is 1.48. The van der Waals surface area contributed by atoms with Crippen molar-refractivity contribution < 1.29 is 22.4 Å². The molecule has 4 rings (SSSR count). The quantitative estimate of drug-likeness (QED) is 0.508. The maximum Gasteiger partial charge on any atom is 0.338 e. The van der Waals surface area contributed by atoms with E-state index in [1.165, 1.54) is 15.2 Å². The molecule has 3 heterocycles. The highest BCUT2D eigenvalue weighted by Gasteiger charge is 2.30. The minimum Gasteiger partial charge on any atom is -0.459 e. The van der Waals surface area contributed by atoms with Crippen LogP contribution in [0.1, 0.15) is 42.8 Å². The number of rotatable bonds is 7. The van der Waals surface area contributed by atoms with Gasteiger partial charge >= 0.3 is 5.97 Å². The maximum absolute atomic E-state index is 12.6. The van der Waals surface area contributed by atoms with E-state index in [9.17, 15) is 13.2 Å². The second-order valence-electron chi connectivity index (χ2n) is 7.51. The molecular weight excluding hydrogens is 422 g/mol. The first-order valence-corrected chi connectivity index (χ1v) is 11.4.